The van der Waals surface area contributed by atoms with E-state index in [2.05, 4.69) is 29.5 Å². The molecule has 8 nitrogen and oxygen atoms in total. The number of aromatic nitrogens is 3. The van der Waals surface area contributed by atoms with E-state index in [0.717, 1.165) is 51.1 Å². The molecule has 1 N–H and O–H groups in total. The lowest BCUT2D eigenvalue weighted by Gasteiger charge is -2.30. The highest BCUT2D eigenvalue weighted by molar-refractivity contribution is 7.92. The molecule has 3 heterocycles. The fourth-order valence-electron chi connectivity index (χ4n) is 5.03. The third-order valence-electron chi connectivity index (χ3n) is 6.84. The number of benzene rings is 3. The molecule has 198 valence electrons. The maximum absolute atomic E-state index is 13.5. The van der Waals surface area contributed by atoms with Crippen LogP contribution < -0.4 is 9.62 Å². The predicted octanol–water partition coefficient (Wildman–Crippen LogP) is 5.80. The first-order valence-electron chi connectivity index (χ1n) is 12.7. The molecule has 1 aliphatic rings. The van der Waals surface area contributed by atoms with Crippen LogP contribution in [-0.4, -0.2) is 35.6 Å². The normalized spacial score (nSPS) is 13.5. The average molecular weight is 558 g/mol. The van der Waals surface area contributed by atoms with Gasteiger partial charge in [0.15, 0.2) is 0 Å². The average Bonchev–Trinajstić information content (AvgIpc) is 3.51. The van der Waals surface area contributed by atoms with Gasteiger partial charge in [-0.15, -0.1) is 0 Å². The number of nitrogens with zero attached hydrogens (tertiary/aromatic N) is 4. The van der Waals surface area contributed by atoms with Crippen LogP contribution in [0.25, 0.3) is 15.3 Å². The van der Waals surface area contributed by atoms with Gasteiger partial charge in [0, 0.05) is 18.2 Å². The highest BCUT2D eigenvalue weighted by atomic mass is 32.2. The summed E-state index contributed by atoms with van der Waals surface area (Å²) in [6, 6.07) is 19.6. The Morgan fingerprint density at radius 2 is 1.77 bits per heavy atom. The number of para-hydroxylation sites is 1. The van der Waals surface area contributed by atoms with Gasteiger partial charge in [-0.05, 0) is 86.7 Å². The van der Waals surface area contributed by atoms with Crippen LogP contribution in [0, 0.1) is 20.8 Å². The van der Waals surface area contributed by atoms with E-state index in [9.17, 15) is 13.2 Å². The van der Waals surface area contributed by atoms with Crippen molar-refractivity contribution >= 4 is 49.0 Å². The fraction of sp³-hybridized carbons (Fsp3) is 0.207. The van der Waals surface area contributed by atoms with E-state index >= 15 is 0 Å². The summed E-state index contributed by atoms with van der Waals surface area (Å²) in [4.78, 5) is 18.1. The van der Waals surface area contributed by atoms with Crippen molar-refractivity contribution in [3.05, 3.63) is 94.7 Å². The van der Waals surface area contributed by atoms with Crippen LogP contribution in [0.15, 0.2) is 71.6 Å². The molecule has 0 fully saturated rings. The highest BCUT2D eigenvalue weighted by Gasteiger charge is 2.29. The molecule has 0 atom stereocenters. The quantitative estimate of drug-likeness (QED) is 0.295. The third-order valence-corrected chi connectivity index (χ3v) is 9.65. The maximum Gasteiger partial charge on any atom is 0.264 e. The second-order valence-electron chi connectivity index (χ2n) is 9.80. The number of hydrogen-bond acceptors (Lipinski definition) is 6. The van der Waals surface area contributed by atoms with Gasteiger partial charge in [-0.2, -0.15) is 9.78 Å². The highest BCUT2D eigenvalue weighted by Crippen LogP contribution is 2.32. The Labute approximate surface area is 231 Å². The van der Waals surface area contributed by atoms with Crippen molar-refractivity contribution in [2.24, 2.45) is 0 Å². The summed E-state index contributed by atoms with van der Waals surface area (Å²) < 4.78 is 31.1. The van der Waals surface area contributed by atoms with Gasteiger partial charge in [-0.1, -0.05) is 35.6 Å². The number of amides is 1. The van der Waals surface area contributed by atoms with Crippen molar-refractivity contribution in [1.82, 2.24) is 14.8 Å². The zero-order valence-corrected chi connectivity index (χ0v) is 23.4. The smallest absolute Gasteiger partial charge is 0.264 e. The summed E-state index contributed by atoms with van der Waals surface area (Å²) >= 11 is 1.51. The van der Waals surface area contributed by atoms with Crippen molar-refractivity contribution in [1.29, 1.82) is 0 Å². The number of carbonyl (C=O) groups excluding carboxylic acids is 1. The maximum atomic E-state index is 13.5. The van der Waals surface area contributed by atoms with Gasteiger partial charge in [0.25, 0.3) is 15.9 Å². The van der Waals surface area contributed by atoms with Gasteiger partial charge in [-0.25, -0.2) is 13.4 Å². The summed E-state index contributed by atoms with van der Waals surface area (Å²) in [5.41, 5.74) is 5.98. The van der Waals surface area contributed by atoms with Crippen molar-refractivity contribution < 1.29 is 13.2 Å². The van der Waals surface area contributed by atoms with Crippen LogP contribution in [0.4, 0.5) is 11.5 Å². The van der Waals surface area contributed by atoms with Gasteiger partial charge in [0.2, 0.25) is 5.13 Å². The van der Waals surface area contributed by atoms with E-state index in [0.29, 0.717) is 23.1 Å². The lowest BCUT2D eigenvalue weighted by molar-refractivity contribution is 0.102. The number of rotatable bonds is 5. The minimum atomic E-state index is -3.76. The molecule has 0 aliphatic carbocycles. The van der Waals surface area contributed by atoms with Crippen LogP contribution in [-0.2, 0) is 16.4 Å². The van der Waals surface area contributed by atoms with Gasteiger partial charge in [-0.3, -0.25) is 9.10 Å². The lowest BCUT2D eigenvalue weighted by Crippen LogP contribution is -2.35. The first-order valence-corrected chi connectivity index (χ1v) is 14.9. The van der Waals surface area contributed by atoms with E-state index in [1.807, 2.05) is 38.1 Å². The molecular formula is C29H27N5O3S2. The summed E-state index contributed by atoms with van der Waals surface area (Å²) in [6.07, 6.45) is 1.62. The zero-order chi connectivity index (χ0) is 27.3. The largest absolute Gasteiger partial charge is 0.306 e. The first-order chi connectivity index (χ1) is 18.7. The number of anilines is 2. The summed E-state index contributed by atoms with van der Waals surface area (Å²) in [6.45, 7) is 6.37. The molecule has 2 aromatic heterocycles. The molecule has 6 rings (SSSR count). The van der Waals surface area contributed by atoms with E-state index in [1.54, 1.807) is 10.7 Å². The van der Waals surface area contributed by atoms with Crippen molar-refractivity contribution in [2.45, 2.75) is 38.5 Å². The lowest BCUT2D eigenvalue weighted by atomic mass is 10.0. The number of aryl methyl sites for hydroxylation is 4. The van der Waals surface area contributed by atoms with E-state index < -0.39 is 10.0 Å². The number of fused-ring (bicyclic) bond motifs is 2. The molecule has 0 saturated carbocycles. The summed E-state index contributed by atoms with van der Waals surface area (Å²) in [5.74, 6) is 0.129. The number of thiazole rings is 1. The first kappa shape index (κ1) is 25.3. The Morgan fingerprint density at radius 1 is 1.00 bits per heavy atom. The van der Waals surface area contributed by atoms with E-state index in [1.165, 1.54) is 39.9 Å². The summed E-state index contributed by atoms with van der Waals surface area (Å²) in [7, 11) is -3.76. The third kappa shape index (κ3) is 4.59. The van der Waals surface area contributed by atoms with Gasteiger partial charge in [0.05, 0.1) is 26.5 Å². The Hall–Kier alpha value is -4.02. The molecule has 5 aromatic rings. The number of sulfonamides is 1. The molecule has 0 bridgehead atoms. The molecule has 1 aliphatic heterocycles. The minimum absolute atomic E-state index is 0.150. The van der Waals surface area contributed by atoms with Crippen molar-refractivity contribution in [2.75, 3.05) is 16.2 Å². The Balaban J connectivity index is 1.25. The molecule has 0 unspecified atom stereocenters. The second kappa shape index (κ2) is 9.62. The Morgan fingerprint density at radius 3 is 2.56 bits per heavy atom. The summed E-state index contributed by atoms with van der Waals surface area (Å²) in [5, 5.41) is 8.13. The molecule has 3 aromatic carbocycles. The monoisotopic (exact) mass is 557 g/mol. The molecule has 10 heteroatoms. The van der Waals surface area contributed by atoms with Crippen LogP contribution in [0.3, 0.4) is 0 Å². The van der Waals surface area contributed by atoms with Gasteiger partial charge >= 0.3 is 0 Å². The molecule has 0 saturated heterocycles. The molecule has 39 heavy (non-hydrogen) atoms. The molecule has 0 spiro atoms. The van der Waals surface area contributed by atoms with Crippen LogP contribution in [0.5, 0.6) is 0 Å². The number of hydrogen-bond donors (Lipinski definition) is 1. The van der Waals surface area contributed by atoms with Gasteiger partial charge < -0.3 is 5.32 Å². The van der Waals surface area contributed by atoms with Crippen molar-refractivity contribution in [3.8, 4) is 5.13 Å². The number of nitrogens with one attached hydrogen (secondary N) is 1. The van der Waals surface area contributed by atoms with Crippen LogP contribution >= 0.6 is 11.3 Å². The topological polar surface area (TPSA) is 97.2 Å². The minimum Gasteiger partial charge on any atom is -0.306 e. The second-order valence-corrected chi connectivity index (χ2v) is 12.7. The predicted molar refractivity (Wildman–Crippen MR) is 155 cm³/mol. The Kier molecular flexibility index (Phi) is 6.23. The molecule has 1 amide bonds. The molecule has 0 radical (unpaired) electrons. The zero-order valence-electron chi connectivity index (χ0n) is 21.8. The fourth-order valence-corrected chi connectivity index (χ4v) is 7.67. The van der Waals surface area contributed by atoms with E-state index in [-0.39, 0.29) is 10.8 Å². The number of carbonyl (C=O) groups is 1. The van der Waals surface area contributed by atoms with E-state index in [4.69, 9.17) is 4.98 Å². The Bertz CT molecular complexity index is 1840. The SMILES string of the molecule is Cc1cc(C)c2nc(-n3nc(C)cc3NC(=O)c3ccc(S(=O)(=O)N4CCCc5ccccc54)cc3)sc2c1. The van der Waals surface area contributed by atoms with Crippen molar-refractivity contribution in [3.63, 3.8) is 0 Å². The van der Waals surface area contributed by atoms with Crippen LogP contribution in [0.2, 0.25) is 0 Å². The standard InChI is InChI=1S/C29H27N5O3S2/c1-18-15-19(2)27-25(16-18)38-29(31-27)34-26(17-20(3)32-34)30-28(35)22-10-12-23(13-11-22)39(36,37)33-14-6-8-21-7-4-5-9-24(21)33/h4-5,7,9-13,15-17H,6,8,14H2,1-3H3,(H,30,35). The van der Waals surface area contributed by atoms with Gasteiger partial charge in [0.1, 0.15) is 5.82 Å². The molecular weight excluding hydrogens is 530 g/mol. The van der Waals surface area contributed by atoms with Crippen LogP contribution in [0.1, 0.15) is 39.2 Å².